The molecule has 88 valence electrons. The number of hydrogen-bond acceptors (Lipinski definition) is 3. The highest BCUT2D eigenvalue weighted by atomic mass is 16.5. The third kappa shape index (κ3) is 3.16. The second-order valence-corrected chi connectivity index (χ2v) is 5.68. The molecule has 0 aliphatic carbocycles. The Morgan fingerprint density at radius 1 is 1.33 bits per heavy atom. The fourth-order valence-corrected chi connectivity index (χ4v) is 2.40. The van der Waals surface area contributed by atoms with Crippen molar-refractivity contribution in [2.45, 2.75) is 19.8 Å². The maximum atomic E-state index is 5.25. The van der Waals surface area contributed by atoms with Crippen molar-refractivity contribution in [3.63, 3.8) is 0 Å². The Morgan fingerprint density at radius 3 is 2.53 bits per heavy atom. The molecule has 0 saturated carbocycles. The predicted molar refractivity (Wildman–Crippen MR) is 62.0 cm³/mol. The van der Waals surface area contributed by atoms with E-state index in [1.165, 1.54) is 32.5 Å². The zero-order chi connectivity index (χ0) is 10.7. The van der Waals surface area contributed by atoms with Crippen LogP contribution in [0.5, 0.6) is 0 Å². The van der Waals surface area contributed by atoms with Gasteiger partial charge in [-0.2, -0.15) is 0 Å². The number of nitrogens with one attached hydrogen (secondary N) is 1. The Hall–Kier alpha value is -0.120. The summed E-state index contributed by atoms with van der Waals surface area (Å²) < 4.78 is 5.25. The first-order valence-electron chi connectivity index (χ1n) is 6.15. The average molecular weight is 212 g/mol. The molecule has 3 nitrogen and oxygen atoms in total. The summed E-state index contributed by atoms with van der Waals surface area (Å²) >= 11 is 0. The number of nitrogens with zero attached hydrogens (tertiary/aromatic N) is 1. The van der Waals surface area contributed by atoms with Gasteiger partial charge in [-0.15, -0.1) is 0 Å². The highest BCUT2D eigenvalue weighted by Crippen LogP contribution is 2.25. The molecule has 1 N–H and O–H groups in total. The minimum atomic E-state index is 0.422. The van der Waals surface area contributed by atoms with E-state index in [2.05, 4.69) is 24.2 Å². The Kier molecular flexibility index (Phi) is 3.65. The van der Waals surface area contributed by atoms with Gasteiger partial charge >= 0.3 is 0 Å². The van der Waals surface area contributed by atoms with E-state index in [9.17, 15) is 0 Å². The summed E-state index contributed by atoms with van der Waals surface area (Å²) in [6, 6.07) is 0. The number of rotatable bonds is 4. The van der Waals surface area contributed by atoms with Gasteiger partial charge in [0, 0.05) is 12.0 Å². The summed E-state index contributed by atoms with van der Waals surface area (Å²) in [5, 5.41) is 3.61. The molecule has 0 spiro atoms. The molecule has 0 aromatic carbocycles. The Labute approximate surface area is 93.2 Å². The van der Waals surface area contributed by atoms with Gasteiger partial charge in [-0.3, -0.25) is 0 Å². The second-order valence-electron chi connectivity index (χ2n) is 5.68. The zero-order valence-corrected chi connectivity index (χ0v) is 10.1. The van der Waals surface area contributed by atoms with Crippen molar-refractivity contribution in [3.05, 3.63) is 0 Å². The molecular formula is C12H24N2O. The lowest BCUT2D eigenvalue weighted by Crippen LogP contribution is -2.48. The van der Waals surface area contributed by atoms with Crippen molar-refractivity contribution in [1.82, 2.24) is 10.2 Å². The lowest BCUT2D eigenvalue weighted by Gasteiger charge is -2.39. The van der Waals surface area contributed by atoms with E-state index < -0.39 is 0 Å². The molecule has 0 atom stereocenters. The van der Waals surface area contributed by atoms with E-state index in [0.717, 1.165) is 25.7 Å². The van der Waals surface area contributed by atoms with E-state index in [4.69, 9.17) is 4.74 Å². The molecule has 2 aliphatic rings. The molecule has 0 amide bonds. The Morgan fingerprint density at radius 2 is 2.00 bits per heavy atom. The van der Waals surface area contributed by atoms with Gasteiger partial charge in [0.1, 0.15) is 0 Å². The molecule has 2 fully saturated rings. The minimum absolute atomic E-state index is 0.422. The number of piperidine rings is 1. The first-order valence-corrected chi connectivity index (χ1v) is 6.15. The predicted octanol–water partition coefficient (Wildman–Crippen LogP) is 0.954. The van der Waals surface area contributed by atoms with Gasteiger partial charge in [0.2, 0.25) is 0 Å². The summed E-state index contributed by atoms with van der Waals surface area (Å²) in [5.41, 5.74) is 0.422. The zero-order valence-electron chi connectivity index (χ0n) is 10.1. The molecule has 15 heavy (non-hydrogen) atoms. The molecule has 2 heterocycles. The van der Waals surface area contributed by atoms with Gasteiger partial charge in [0.15, 0.2) is 0 Å². The van der Waals surface area contributed by atoms with Crippen molar-refractivity contribution in [2.24, 2.45) is 11.3 Å². The number of hydrogen-bond donors (Lipinski definition) is 1. The third-order valence-electron chi connectivity index (χ3n) is 3.72. The largest absolute Gasteiger partial charge is 0.380 e. The first kappa shape index (κ1) is 11.4. The van der Waals surface area contributed by atoms with Crippen molar-refractivity contribution in [2.75, 3.05) is 46.4 Å². The highest BCUT2D eigenvalue weighted by molar-refractivity contribution is 4.83. The summed E-state index contributed by atoms with van der Waals surface area (Å²) in [6.07, 6.45) is 2.72. The molecule has 2 aliphatic heterocycles. The van der Waals surface area contributed by atoms with Crippen LogP contribution in [0.25, 0.3) is 0 Å². The fourth-order valence-electron chi connectivity index (χ4n) is 2.40. The van der Waals surface area contributed by atoms with Crippen LogP contribution in [0.2, 0.25) is 0 Å². The first-order chi connectivity index (χ1) is 7.18. The molecule has 0 radical (unpaired) electrons. The average Bonchev–Trinajstić information content (AvgIpc) is 2.19. The Bertz CT molecular complexity index is 196. The summed E-state index contributed by atoms with van der Waals surface area (Å²) in [7, 11) is 2.22. The SMILES string of the molecule is CN1CCC(CNCC2(C)COC2)CC1. The summed E-state index contributed by atoms with van der Waals surface area (Å²) in [4.78, 5) is 2.43. The lowest BCUT2D eigenvalue weighted by molar-refractivity contribution is -0.0993. The summed E-state index contributed by atoms with van der Waals surface area (Å²) in [5.74, 6) is 0.894. The van der Waals surface area contributed by atoms with E-state index in [1.807, 2.05) is 0 Å². The molecule has 0 aromatic rings. The van der Waals surface area contributed by atoms with Crippen LogP contribution in [0, 0.1) is 11.3 Å². The van der Waals surface area contributed by atoms with Crippen molar-refractivity contribution in [3.8, 4) is 0 Å². The Balaban J connectivity index is 1.57. The van der Waals surface area contributed by atoms with Gasteiger partial charge < -0.3 is 15.0 Å². The molecular weight excluding hydrogens is 188 g/mol. The quantitative estimate of drug-likeness (QED) is 0.751. The van der Waals surface area contributed by atoms with Crippen LogP contribution in [0.3, 0.4) is 0 Å². The van der Waals surface area contributed by atoms with E-state index >= 15 is 0 Å². The van der Waals surface area contributed by atoms with Crippen molar-refractivity contribution in [1.29, 1.82) is 0 Å². The van der Waals surface area contributed by atoms with Crippen LogP contribution < -0.4 is 5.32 Å². The molecule has 0 unspecified atom stereocenters. The maximum Gasteiger partial charge on any atom is 0.0554 e. The highest BCUT2D eigenvalue weighted by Gasteiger charge is 2.32. The topological polar surface area (TPSA) is 24.5 Å². The van der Waals surface area contributed by atoms with Crippen LogP contribution in [0.1, 0.15) is 19.8 Å². The monoisotopic (exact) mass is 212 g/mol. The lowest BCUT2D eigenvalue weighted by atomic mass is 9.88. The number of ether oxygens (including phenoxy) is 1. The summed E-state index contributed by atoms with van der Waals surface area (Å²) in [6.45, 7) is 9.04. The molecule has 0 aromatic heterocycles. The second kappa shape index (κ2) is 4.81. The molecule has 2 saturated heterocycles. The number of likely N-dealkylation sites (tertiary alicyclic amines) is 1. The van der Waals surface area contributed by atoms with Gasteiger partial charge in [0.05, 0.1) is 13.2 Å². The van der Waals surface area contributed by atoms with Gasteiger partial charge in [-0.25, -0.2) is 0 Å². The van der Waals surface area contributed by atoms with E-state index in [1.54, 1.807) is 0 Å². The third-order valence-corrected chi connectivity index (χ3v) is 3.72. The fraction of sp³-hybridized carbons (Fsp3) is 1.00. The van der Waals surface area contributed by atoms with Gasteiger partial charge in [-0.05, 0) is 45.4 Å². The van der Waals surface area contributed by atoms with Gasteiger partial charge in [-0.1, -0.05) is 6.92 Å². The molecule has 3 heteroatoms. The standard InChI is InChI=1S/C12H24N2O/c1-12(9-15-10-12)8-13-7-11-3-5-14(2)6-4-11/h11,13H,3-10H2,1-2H3. The van der Waals surface area contributed by atoms with Crippen LogP contribution in [-0.4, -0.2) is 51.3 Å². The van der Waals surface area contributed by atoms with Crippen LogP contribution in [0.15, 0.2) is 0 Å². The smallest absolute Gasteiger partial charge is 0.0554 e. The van der Waals surface area contributed by atoms with Crippen LogP contribution in [-0.2, 0) is 4.74 Å². The van der Waals surface area contributed by atoms with Crippen molar-refractivity contribution < 1.29 is 4.74 Å². The maximum absolute atomic E-state index is 5.25. The minimum Gasteiger partial charge on any atom is -0.380 e. The van der Waals surface area contributed by atoms with Crippen LogP contribution >= 0.6 is 0 Å². The normalized spacial score (nSPS) is 27.6. The van der Waals surface area contributed by atoms with Crippen molar-refractivity contribution >= 4 is 0 Å². The van der Waals surface area contributed by atoms with Crippen LogP contribution in [0.4, 0.5) is 0 Å². The van der Waals surface area contributed by atoms with E-state index in [-0.39, 0.29) is 0 Å². The molecule has 0 bridgehead atoms. The van der Waals surface area contributed by atoms with E-state index in [0.29, 0.717) is 5.41 Å². The molecule has 2 rings (SSSR count). The van der Waals surface area contributed by atoms with Gasteiger partial charge in [0.25, 0.3) is 0 Å².